The first kappa shape index (κ1) is 20.1. The highest BCUT2D eigenvalue weighted by atomic mass is 32.2. The van der Waals surface area contributed by atoms with Gasteiger partial charge in [-0.25, -0.2) is 17.5 Å². The summed E-state index contributed by atoms with van der Waals surface area (Å²) in [4.78, 5) is 13.6. The van der Waals surface area contributed by atoms with Crippen LogP contribution in [0.3, 0.4) is 0 Å². The minimum absolute atomic E-state index is 0.124. The molecule has 1 N–H and O–H groups in total. The quantitative estimate of drug-likeness (QED) is 0.768. The molecule has 0 radical (unpaired) electrons. The van der Waals surface area contributed by atoms with Gasteiger partial charge in [0.25, 0.3) is 0 Å². The summed E-state index contributed by atoms with van der Waals surface area (Å²) in [7, 11) is -3.61. The predicted octanol–water partition coefficient (Wildman–Crippen LogP) is 2.50. The second kappa shape index (κ2) is 8.91. The summed E-state index contributed by atoms with van der Waals surface area (Å²) < 4.78 is 40.0. The number of carbonyl (C=O) groups is 1. The molecule has 2 rings (SSSR count). The third-order valence-electron chi connectivity index (χ3n) is 4.00. The Bertz CT molecular complexity index is 851. The first-order chi connectivity index (χ1) is 12.3. The molecule has 0 spiro atoms. The molecule has 7 heteroatoms. The van der Waals surface area contributed by atoms with Crippen molar-refractivity contribution in [2.75, 3.05) is 19.6 Å². The number of aryl methyl sites for hydroxylation is 1. The van der Waals surface area contributed by atoms with Crippen LogP contribution in [0.2, 0.25) is 0 Å². The van der Waals surface area contributed by atoms with Gasteiger partial charge in [-0.05, 0) is 48.7 Å². The molecule has 0 saturated carbocycles. The van der Waals surface area contributed by atoms with Crippen LogP contribution in [0.5, 0.6) is 0 Å². The van der Waals surface area contributed by atoms with E-state index in [1.807, 2.05) is 13.0 Å². The second-order valence-electron chi connectivity index (χ2n) is 6.10. The fourth-order valence-corrected chi connectivity index (χ4v) is 3.65. The van der Waals surface area contributed by atoms with E-state index in [0.29, 0.717) is 13.0 Å². The van der Waals surface area contributed by atoms with Crippen molar-refractivity contribution in [2.24, 2.45) is 0 Å². The lowest BCUT2D eigenvalue weighted by Gasteiger charge is -2.21. The third-order valence-corrected chi connectivity index (χ3v) is 5.46. The summed E-state index contributed by atoms with van der Waals surface area (Å²) in [6, 6.07) is 12.8. The molecule has 0 bridgehead atoms. The van der Waals surface area contributed by atoms with E-state index in [0.717, 1.165) is 11.1 Å². The summed E-state index contributed by atoms with van der Waals surface area (Å²) in [5, 5.41) is 0. The number of nitrogens with one attached hydrogen (secondary N) is 1. The number of halogens is 1. The monoisotopic (exact) mass is 378 g/mol. The maximum absolute atomic E-state index is 12.9. The number of amides is 1. The summed E-state index contributed by atoms with van der Waals surface area (Å²) in [6.07, 6.45) is 0.574. The normalized spacial score (nSPS) is 11.3. The smallest absolute Gasteiger partial charge is 0.240 e. The van der Waals surface area contributed by atoms with Crippen LogP contribution >= 0.6 is 0 Å². The Morgan fingerprint density at radius 3 is 2.42 bits per heavy atom. The van der Waals surface area contributed by atoms with E-state index < -0.39 is 10.0 Å². The van der Waals surface area contributed by atoms with Crippen LogP contribution in [0.25, 0.3) is 0 Å². The van der Waals surface area contributed by atoms with Gasteiger partial charge in [-0.2, -0.15) is 0 Å². The zero-order valence-corrected chi connectivity index (χ0v) is 15.7. The summed E-state index contributed by atoms with van der Waals surface area (Å²) in [5.74, 6) is -0.440. The molecule has 2 aromatic carbocycles. The number of benzene rings is 2. The van der Waals surface area contributed by atoms with Crippen molar-refractivity contribution < 1.29 is 17.6 Å². The largest absolute Gasteiger partial charge is 0.341 e. The van der Waals surface area contributed by atoms with Gasteiger partial charge in [0, 0.05) is 26.6 Å². The lowest BCUT2D eigenvalue weighted by atomic mass is 10.1. The van der Waals surface area contributed by atoms with E-state index in [9.17, 15) is 17.6 Å². The van der Waals surface area contributed by atoms with Crippen molar-refractivity contribution in [3.63, 3.8) is 0 Å². The third kappa shape index (κ3) is 5.93. The molecule has 0 aliphatic heterocycles. The van der Waals surface area contributed by atoms with Gasteiger partial charge in [0.1, 0.15) is 5.82 Å². The SMILES string of the molecule is CC(=O)N(CCNS(=O)(=O)c1cccc(C)c1)CCc1ccc(F)cc1. The van der Waals surface area contributed by atoms with Crippen LogP contribution in [0.4, 0.5) is 4.39 Å². The molecule has 0 heterocycles. The maximum atomic E-state index is 12.9. The number of sulfonamides is 1. The van der Waals surface area contributed by atoms with Crippen LogP contribution in [0.15, 0.2) is 53.4 Å². The van der Waals surface area contributed by atoms with E-state index in [1.54, 1.807) is 29.2 Å². The second-order valence-corrected chi connectivity index (χ2v) is 7.86. The lowest BCUT2D eigenvalue weighted by molar-refractivity contribution is -0.128. The molecule has 5 nitrogen and oxygen atoms in total. The van der Waals surface area contributed by atoms with E-state index in [1.165, 1.54) is 25.1 Å². The summed E-state index contributed by atoms with van der Waals surface area (Å²) in [6.45, 7) is 4.10. The molecule has 0 saturated heterocycles. The number of nitrogens with zero attached hydrogens (tertiary/aromatic N) is 1. The van der Waals surface area contributed by atoms with E-state index in [4.69, 9.17) is 0 Å². The van der Waals surface area contributed by atoms with Crippen LogP contribution < -0.4 is 4.72 Å². The molecule has 2 aromatic rings. The van der Waals surface area contributed by atoms with Crippen molar-refractivity contribution in [1.82, 2.24) is 9.62 Å². The van der Waals surface area contributed by atoms with Gasteiger partial charge < -0.3 is 4.90 Å². The highest BCUT2D eigenvalue weighted by Crippen LogP contribution is 2.10. The highest BCUT2D eigenvalue weighted by Gasteiger charge is 2.15. The Hall–Kier alpha value is -2.25. The number of rotatable bonds is 8. The molecular weight excluding hydrogens is 355 g/mol. The molecule has 26 heavy (non-hydrogen) atoms. The average molecular weight is 378 g/mol. The highest BCUT2D eigenvalue weighted by molar-refractivity contribution is 7.89. The van der Waals surface area contributed by atoms with Crippen LogP contribution in [0, 0.1) is 12.7 Å². The molecular formula is C19H23FN2O3S. The maximum Gasteiger partial charge on any atom is 0.240 e. The number of carbonyl (C=O) groups excluding carboxylic acids is 1. The standard InChI is InChI=1S/C19H23FN2O3S/c1-15-4-3-5-19(14-15)26(24,25)21-11-13-22(16(2)23)12-10-17-6-8-18(20)9-7-17/h3-9,14,21H,10-13H2,1-2H3. The van der Waals surface area contributed by atoms with E-state index in [2.05, 4.69) is 4.72 Å². The molecule has 0 atom stereocenters. The predicted molar refractivity (Wildman–Crippen MR) is 98.7 cm³/mol. The van der Waals surface area contributed by atoms with Gasteiger partial charge in [0.2, 0.25) is 15.9 Å². The van der Waals surface area contributed by atoms with E-state index in [-0.39, 0.29) is 29.7 Å². The van der Waals surface area contributed by atoms with Crippen molar-refractivity contribution in [2.45, 2.75) is 25.2 Å². The Labute approximate surface area is 153 Å². The van der Waals surface area contributed by atoms with Crippen molar-refractivity contribution in [3.05, 3.63) is 65.5 Å². The number of hydrogen-bond acceptors (Lipinski definition) is 3. The Kier molecular flexibility index (Phi) is 6.88. The topological polar surface area (TPSA) is 66.5 Å². The lowest BCUT2D eigenvalue weighted by Crippen LogP contribution is -2.38. The average Bonchev–Trinajstić information content (AvgIpc) is 2.59. The molecule has 0 aliphatic rings. The molecule has 1 amide bonds. The van der Waals surface area contributed by atoms with Crippen LogP contribution in [-0.2, 0) is 21.2 Å². The molecule has 0 aliphatic carbocycles. The van der Waals surface area contributed by atoms with Crippen molar-refractivity contribution >= 4 is 15.9 Å². The van der Waals surface area contributed by atoms with Gasteiger partial charge in [0.15, 0.2) is 0 Å². The van der Waals surface area contributed by atoms with Gasteiger partial charge in [-0.3, -0.25) is 4.79 Å². The summed E-state index contributed by atoms with van der Waals surface area (Å²) in [5.41, 5.74) is 1.77. The molecule has 0 fully saturated rings. The van der Waals surface area contributed by atoms with Crippen LogP contribution in [-0.4, -0.2) is 38.9 Å². The fourth-order valence-electron chi connectivity index (χ4n) is 2.52. The minimum atomic E-state index is -3.61. The summed E-state index contributed by atoms with van der Waals surface area (Å²) >= 11 is 0. The van der Waals surface area contributed by atoms with Gasteiger partial charge in [-0.1, -0.05) is 24.3 Å². The van der Waals surface area contributed by atoms with Gasteiger partial charge >= 0.3 is 0 Å². The van der Waals surface area contributed by atoms with Gasteiger partial charge in [-0.15, -0.1) is 0 Å². The van der Waals surface area contributed by atoms with E-state index >= 15 is 0 Å². The van der Waals surface area contributed by atoms with Crippen LogP contribution in [0.1, 0.15) is 18.1 Å². The molecule has 0 unspecified atom stereocenters. The van der Waals surface area contributed by atoms with Crippen molar-refractivity contribution in [3.8, 4) is 0 Å². The molecule has 140 valence electrons. The minimum Gasteiger partial charge on any atom is -0.341 e. The van der Waals surface area contributed by atoms with Crippen molar-refractivity contribution in [1.29, 1.82) is 0 Å². The van der Waals surface area contributed by atoms with Gasteiger partial charge in [0.05, 0.1) is 4.90 Å². The number of hydrogen-bond donors (Lipinski definition) is 1. The fraction of sp³-hybridized carbons (Fsp3) is 0.316. The Morgan fingerprint density at radius 2 is 1.81 bits per heavy atom. The Morgan fingerprint density at radius 1 is 1.12 bits per heavy atom. The Balaban J connectivity index is 1.90. The molecule has 0 aromatic heterocycles. The first-order valence-corrected chi connectivity index (χ1v) is 9.82. The zero-order chi connectivity index (χ0) is 19.2. The first-order valence-electron chi connectivity index (χ1n) is 8.34. The zero-order valence-electron chi connectivity index (χ0n) is 14.9.